The minimum atomic E-state index is -3.96. The van der Waals surface area contributed by atoms with Crippen LogP contribution in [0.3, 0.4) is 0 Å². The summed E-state index contributed by atoms with van der Waals surface area (Å²) in [5.41, 5.74) is 0.742. The molecule has 0 aliphatic heterocycles. The summed E-state index contributed by atoms with van der Waals surface area (Å²) in [4.78, 5) is 14.3. The number of rotatable bonds is 7. The number of carbonyl (C=O) groups is 1. The Morgan fingerprint density at radius 1 is 1.26 bits per heavy atom. The molecule has 1 atom stereocenters. The highest BCUT2D eigenvalue weighted by molar-refractivity contribution is 7.89. The molecule has 0 aromatic heterocycles. The van der Waals surface area contributed by atoms with Gasteiger partial charge in [0.2, 0.25) is 10.0 Å². The van der Waals surface area contributed by atoms with E-state index in [4.69, 9.17) is 9.88 Å². The van der Waals surface area contributed by atoms with Gasteiger partial charge in [0.05, 0.1) is 23.6 Å². The summed E-state index contributed by atoms with van der Waals surface area (Å²) in [6.45, 7) is 0.179. The highest BCUT2D eigenvalue weighted by Crippen LogP contribution is 2.23. The number of nitrogens with two attached hydrogens (primary N) is 1. The number of ether oxygens (including phenoxy) is 1. The summed E-state index contributed by atoms with van der Waals surface area (Å²) in [5.74, 6) is -0.680. The van der Waals surface area contributed by atoms with E-state index in [1.165, 1.54) is 31.4 Å². The highest BCUT2D eigenvalue weighted by Gasteiger charge is 2.20. The van der Waals surface area contributed by atoms with Gasteiger partial charge in [0.1, 0.15) is 11.6 Å². The minimum Gasteiger partial charge on any atom is -0.496 e. The van der Waals surface area contributed by atoms with Crippen molar-refractivity contribution >= 4 is 15.9 Å². The third kappa shape index (κ3) is 5.25. The summed E-state index contributed by atoms with van der Waals surface area (Å²) in [6.07, 6.45) is 0. The van der Waals surface area contributed by atoms with Crippen LogP contribution in [0.1, 0.15) is 22.0 Å². The molecule has 3 N–H and O–H groups in total. The monoisotopic (exact) mass is 395 g/mol. The molecule has 0 aliphatic rings. The predicted molar refractivity (Wildman–Crippen MR) is 99.5 cm³/mol. The first-order valence-corrected chi connectivity index (χ1v) is 9.59. The van der Waals surface area contributed by atoms with Crippen molar-refractivity contribution in [3.63, 3.8) is 0 Å². The summed E-state index contributed by atoms with van der Waals surface area (Å²) in [7, 11) is 1.03. The van der Waals surface area contributed by atoms with Crippen molar-refractivity contribution in [3.8, 4) is 5.75 Å². The number of halogens is 1. The van der Waals surface area contributed by atoms with Crippen LogP contribution in [0.15, 0.2) is 47.4 Å². The number of carbonyl (C=O) groups excluding carboxylic acids is 1. The first-order chi connectivity index (χ1) is 12.6. The fraction of sp³-hybridized carbons (Fsp3) is 0.278. The molecule has 146 valence electrons. The Bertz CT molecular complexity index is 932. The molecular formula is C18H22FN3O4S. The lowest BCUT2D eigenvalue weighted by Gasteiger charge is -2.25. The minimum absolute atomic E-state index is 0.0424. The molecule has 7 nitrogen and oxygen atoms in total. The molecule has 0 heterocycles. The number of sulfonamides is 1. The van der Waals surface area contributed by atoms with Crippen molar-refractivity contribution in [3.05, 3.63) is 59.4 Å². The van der Waals surface area contributed by atoms with Crippen LogP contribution in [-0.2, 0) is 10.0 Å². The van der Waals surface area contributed by atoms with E-state index in [2.05, 4.69) is 5.32 Å². The number of primary sulfonamides is 1. The van der Waals surface area contributed by atoms with Gasteiger partial charge < -0.3 is 15.0 Å². The second kappa shape index (κ2) is 8.47. The van der Waals surface area contributed by atoms with Crippen LogP contribution < -0.4 is 15.2 Å². The molecule has 0 saturated heterocycles. The summed E-state index contributed by atoms with van der Waals surface area (Å²) < 4.78 is 41.7. The van der Waals surface area contributed by atoms with Gasteiger partial charge >= 0.3 is 0 Å². The van der Waals surface area contributed by atoms with Crippen LogP contribution in [0.2, 0.25) is 0 Å². The number of amides is 1. The van der Waals surface area contributed by atoms with E-state index in [-0.39, 0.29) is 34.6 Å². The second-order valence-electron chi connectivity index (χ2n) is 6.15. The first-order valence-electron chi connectivity index (χ1n) is 8.04. The zero-order chi connectivity index (χ0) is 20.2. The number of nitrogens with zero attached hydrogens (tertiary/aromatic N) is 1. The zero-order valence-electron chi connectivity index (χ0n) is 15.3. The molecule has 2 rings (SSSR count). The molecule has 0 bridgehead atoms. The largest absolute Gasteiger partial charge is 0.496 e. The van der Waals surface area contributed by atoms with Crippen molar-refractivity contribution in [1.29, 1.82) is 0 Å². The van der Waals surface area contributed by atoms with Crippen LogP contribution in [-0.4, -0.2) is 47.0 Å². The summed E-state index contributed by atoms with van der Waals surface area (Å²) in [5, 5.41) is 7.86. The van der Waals surface area contributed by atoms with Crippen molar-refractivity contribution in [2.75, 3.05) is 27.7 Å². The maximum absolute atomic E-state index is 13.5. The standard InChI is InChI=1S/C18H22FN3O4S/c1-22(2)16(12-5-4-6-13(19)9-12)11-21-18(23)15-10-14(27(20,24)25)7-8-17(15)26-3/h4-10,16H,11H2,1-3H3,(H,21,23)(H2,20,24,25)/t16-/m1/s1. The molecule has 0 saturated carbocycles. The van der Waals surface area contributed by atoms with Gasteiger partial charge in [0.15, 0.2) is 0 Å². The number of benzene rings is 2. The van der Waals surface area contributed by atoms with E-state index >= 15 is 0 Å². The molecule has 0 spiro atoms. The molecule has 0 unspecified atom stereocenters. The fourth-order valence-corrected chi connectivity index (χ4v) is 3.18. The first kappa shape index (κ1) is 20.8. The van der Waals surface area contributed by atoms with Crippen LogP contribution in [0.5, 0.6) is 5.75 Å². The van der Waals surface area contributed by atoms with Crippen molar-refractivity contribution in [2.24, 2.45) is 5.14 Å². The average molecular weight is 395 g/mol. The molecular weight excluding hydrogens is 373 g/mol. The molecule has 27 heavy (non-hydrogen) atoms. The third-order valence-electron chi connectivity index (χ3n) is 4.06. The molecule has 0 radical (unpaired) electrons. The van der Waals surface area contributed by atoms with Gasteiger partial charge in [-0.25, -0.2) is 17.9 Å². The normalized spacial score (nSPS) is 12.7. The Labute approximate surface area is 158 Å². The Morgan fingerprint density at radius 2 is 1.96 bits per heavy atom. The fourth-order valence-electron chi connectivity index (χ4n) is 2.64. The van der Waals surface area contributed by atoms with Gasteiger partial charge in [-0.05, 0) is 50.0 Å². The lowest BCUT2D eigenvalue weighted by atomic mass is 10.1. The maximum atomic E-state index is 13.5. The smallest absolute Gasteiger partial charge is 0.255 e. The molecule has 0 aliphatic carbocycles. The van der Waals surface area contributed by atoms with Gasteiger partial charge in [-0.3, -0.25) is 4.79 Å². The second-order valence-corrected chi connectivity index (χ2v) is 7.71. The predicted octanol–water partition coefficient (Wildman–Crippen LogP) is 1.51. The Balaban J connectivity index is 2.25. The number of nitrogens with one attached hydrogen (secondary N) is 1. The van der Waals surface area contributed by atoms with Gasteiger partial charge in [0, 0.05) is 6.54 Å². The number of likely N-dealkylation sites (N-methyl/N-ethyl adjacent to an activating group) is 1. The van der Waals surface area contributed by atoms with Crippen LogP contribution in [0, 0.1) is 5.82 Å². The van der Waals surface area contributed by atoms with Crippen LogP contribution in [0.4, 0.5) is 4.39 Å². The van der Waals surface area contributed by atoms with E-state index in [0.29, 0.717) is 5.56 Å². The highest BCUT2D eigenvalue weighted by atomic mass is 32.2. The van der Waals surface area contributed by atoms with E-state index in [1.54, 1.807) is 12.1 Å². The summed E-state index contributed by atoms with van der Waals surface area (Å²) >= 11 is 0. The van der Waals surface area contributed by atoms with E-state index in [9.17, 15) is 17.6 Å². The molecule has 9 heteroatoms. The van der Waals surface area contributed by atoms with Crippen LogP contribution >= 0.6 is 0 Å². The quantitative estimate of drug-likeness (QED) is 0.740. The molecule has 2 aromatic carbocycles. The molecule has 0 fully saturated rings. The topological polar surface area (TPSA) is 102 Å². The molecule has 1 amide bonds. The zero-order valence-corrected chi connectivity index (χ0v) is 16.1. The lowest BCUT2D eigenvalue weighted by molar-refractivity contribution is 0.0938. The SMILES string of the molecule is COc1ccc(S(N)(=O)=O)cc1C(=O)NC[C@H](c1cccc(F)c1)N(C)C. The van der Waals surface area contributed by atoms with Crippen molar-refractivity contribution in [1.82, 2.24) is 10.2 Å². The summed E-state index contributed by atoms with van der Waals surface area (Å²) in [6, 6.07) is 9.62. The average Bonchev–Trinajstić information content (AvgIpc) is 2.60. The Kier molecular flexibility index (Phi) is 6.53. The Hall–Kier alpha value is -2.49. The lowest BCUT2D eigenvalue weighted by Crippen LogP contribution is -2.34. The van der Waals surface area contributed by atoms with E-state index in [1.807, 2.05) is 19.0 Å². The van der Waals surface area contributed by atoms with Gasteiger partial charge in [-0.1, -0.05) is 12.1 Å². The van der Waals surface area contributed by atoms with Gasteiger partial charge in [0.25, 0.3) is 5.91 Å². The molecule has 2 aromatic rings. The van der Waals surface area contributed by atoms with Gasteiger partial charge in [-0.2, -0.15) is 0 Å². The van der Waals surface area contributed by atoms with Crippen molar-refractivity contribution < 1.29 is 22.3 Å². The third-order valence-corrected chi connectivity index (χ3v) is 4.97. The van der Waals surface area contributed by atoms with E-state index in [0.717, 1.165) is 6.07 Å². The number of hydrogen-bond acceptors (Lipinski definition) is 5. The maximum Gasteiger partial charge on any atom is 0.255 e. The van der Waals surface area contributed by atoms with Gasteiger partial charge in [-0.15, -0.1) is 0 Å². The Morgan fingerprint density at radius 3 is 2.52 bits per heavy atom. The van der Waals surface area contributed by atoms with Crippen molar-refractivity contribution in [2.45, 2.75) is 10.9 Å². The number of hydrogen-bond donors (Lipinski definition) is 2. The van der Waals surface area contributed by atoms with Crippen LogP contribution in [0.25, 0.3) is 0 Å². The number of methoxy groups -OCH3 is 1. The van der Waals surface area contributed by atoms with E-state index < -0.39 is 15.9 Å².